The first kappa shape index (κ1) is 14.9. The summed E-state index contributed by atoms with van der Waals surface area (Å²) in [5.41, 5.74) is 7.44. The number of furan rings is 1. The predicted molar refractivity (Wildman–Crippen MR) is 86.4 cm³/mol. The molecule has 0 aliphatic carbocycles. The van der Waals surface area contributed by atoms with Gasteiger partial charge in [0.1, 0.15) is 11.6 Å². The second kappa shape index (κ2) is 5.61. The fourth-order valence-corrected chi connectivity index (χ4v) is 3.06. The first-order valence-electron chi connectivity index (χ1n) is 6.04. The van der Waals surface area contributed by atoms with E-state index in [-0.39, 0.29) is 5.82 Å². The van der Waals surface area contributed by atoms with Gasteiger partial charge in [-0.05, 0) is 51.8 Å². The average molecular weight is 389 g/mol. The number of benzene rings is 2. The molecule has 1 unspecified atom stereocenters. The van der Waals surface area contributed by atoms with Gasteiger partial charge in [0.05, 0.1) is 15.5 Å². The standard InChI is InChI=1S/C15H9BrCl2FNO/c16-10-4-7(1-2-12(10)19)14(20)13-5-8-3-9(17)6-11(18)15(8)21-13/h1-6,14H,20H2. The molecule has 2 aromatic carbocycles. The Morgan fingerprint density at radius 2 is 1.90 bits per heavy atom. The Morgan fingerprint density at radius 3 is 2.62 bits per heavy atom. The Hall–Kier alpha value is -1.07. The second-order valence-electron chi connectivity index (χ2n) is 4.61. The van der Waals surface area contributed by atoms with Crippen molar-refractivity contribution in [1.29, 1.82) is 0 Å². The molecule has 1 atom stereocenters. The third-order valence-corrected chi connectivity index (χ3v) is 4.27. The van der Waals surface area contributed by atoms with Crippen LogP contribution in [0, 0.1) is 5.82 Å². The van der Waals surface area contributed by atoms with E-state index in [2.05, 4.69) is 15.9 Å². The van der Waals surface area contributed by atoms with Crippen LogP contribution in [0.15, 0.2) is 45.3 Å². The highest BCUT2D eigenvalue weighted by molar-refractivity contribution is 9.10. The zero-order valence-corrected chi connectivity index (χ0v) is 13.6. The molecular weight excluding hydrogens is 380 g/mol. The fraction of sp³-hybridized carbons (Fsp3) is 0.0667. The molecule has 0 amide bonds. The fourth-order valence-electron chi connectivity index (χ4n) is 2.12. The van der Waals surface area contributed by atoms with E-state index in [1.807, 2.05) is 0 Å². The van der Waals surface area contributed by atoms with E-state index < -0.39 is 6.04 Å². The van der Waals surface area contributed by atoms with Gasteiger partial charge < -0.3 is 10.2 Å². The summed E-state index contributed by atoms with van der Waals surface area (Å²) in [6, 6.07) is 9.22. The zero-order chi connectivity index (χ0) is 15.1. The molecule has 0 spiro atoms. The number of hydrogen-bond donors (Lipinski definition) is 1. The van der Waals surface area contributed by atoms with E-state index in [1.165, 1.54) is 6.07 Å². The van der Waals surface area contributed by atoms with Gasteiger partial charge in [-0.1, -0.05) is 29.3 Å². The van der Waals surface area contributed by atoms with Crippen molar-refractivity contribution in [1.82, 2.24) is 0 Å². The summed E-state index contributed by atoms with van der Waals surface area (Å²) in [7, 11) is 0. The van der Waals surface area contributed by atoms with Crippen LogP contribution in [0.2, 0.25) is 10.0 Å². The molecule has 0 saturated heterocycles. The minimum atomic E-state index is -0.524. The van der Waals surface area contributed by atoms with Gasteiger partial charge in [-0.3, -0.25) is 0 Å². The van der Waals surface area contributed by atoms with Crippen LogP contribution >= 0.6 is 39.1 Å². The van der Waals surface area contributed by atoms with E-state index in [1.54, 1.807) is 30.3 Å². The molecule has 3 rings (SSSR count). The summed E-state index contributed by atoms with van der Waals surface area (Å²) in [6.45, 7) is 0. The van der Waals surface area contributed by atoms with Gasteiger partial charge in [0.25, 0.3) is 0 Å². The van der Waals surface area contributed by atoms with Gasteiger partial charge in [0, 0.05) is 10.4 Å². The SMILES string of the molecule is NC(c1ccc(F)c(Br)c1)c1cc2cc(Cl)cc(Cl)c2o1. The van der Waals surface area contributed by atoms with Gasteiger partial charge >= 0.3 is 0 Å². The molecule has 1 heterocycles. The Kier molecular flexibility index (Phi) is 3.97. The summed E-state index contributed by atoms with van der Waals surface area (Å²) in [6.07, 6.45) is 0. The zero-order valence-electron chi connectivity index (χ0n) is 10.5. The van der Waals surface area contributed by atoms with Gasteiger partial charge in [0.15, 0.2) is 5.58 Å². The lowest BCUT2D eigenvalue weighted by molar-refractivity contribution is 0.524. The molecule has 1 aromatic heterocycles. The van der Waals surface area contributed by atoms with Crippen molar-refractivity contribution in [3.05, 3.63) is 68.1 Å². The molecule has 21 heavy (non-hydrogen) atoms. The van der Waals surface area contributed by atoms with Crippen LogP contribution in [0.1, 0.15) is 17.4 Å². The minimum Gasteiger partial charge on any atom is -0.457 e. The quantitative estimate of drug-likeness (QED) is 0.612. The summed E-state index contributed by atoms with van der Waals surface area (Å²) in [5.74, 6) is 0.193. The van der Waals surface area contributed by atoms with Crippen LogP contribution in [0.3, 0.4) is 0 Å². The maximum absolute atomic E-state index is 13.3. The molecule has 108 valence electrons. The van der Waals surface area contributed by atoms with Crippen LogP contribution < -0.4 is 5.73 Å². The second-order valence-corrected chi connectivity index (χ2v) is 6.30. The Balaban J connectivity index is 2.07. The van der Waals surface area contributed by atoms with Crippen LogP contribution in [0.25, 0.3) is 11.0 Å². The van der Waals surface area contributed by atoms with Crippen molar-refractivity contribution < 1.29 is 8.81 Å². The van der Waals surface area contributed by atoms with Crippen molar-refractivity contribution in [3.8, 4) is 0 Å². The molecule has 3 aromatic rings. The largest absolute Gasteiger partial charge is 0.457 e. The Bertz CT molecular complexity index is 834. The predicted octanol–water partition coefficient (Wildman–Crippen LogP) is 5.69. The molecule has 0 aliphatic rings. The van der Waals surface area contributed by atoms with Crippen molar-refractivity contribution in [2.24, 2.45) is 5.73 Å². The molecule has 2 N–H and O–H groups in total. The molecule has 0 aliphatic heterocycles. The first-order valence-corrected chi connectivity index (χ1v) is 7.59. The van der Waals surface area contributed by atoms with Crippen LogP contribution in [-0.2, 0) is 0 Å². The molecule has 2 nitrogen and oxygen atoms in total. The third-order valence-electron chi connectivity index (χ3n) is 3.16. The molecule has 0 saturated carbocycles. The van der Waals surface area contributed by atoms with Gasteiger partial charge in [-0.15, -0.1) is 0 Å². The normalized spacial score (nSPS) is 12.8. The number of halogens is 4. The van der Waals surface area contributed by atoms with Crippen molar-refractivity contribution >= 4 is 50.1 Å². The topological polar surface area (TPSA) is 39.2 Å². The lowest BCUT2D eigenvalue weighted by atomic mass is 10.1. The van der Waals surface area contributed by atoms with Crippen LogP contribution in [-0.4, -0.2) is 0 Å². The smallest absolute Gasteiger partial charge is 0.153 e. The van der Waals surface area contributed by atoms with Gasteiger partial charge in [-0.2, -0.15) is 0 Å². The number of nitrogens with two attached hydrogens (primary N) is 1. The van der Waals surface area contributed by atoms with Crippen molar-refractivity contribution in [2.75, 3.05) is 0 Å². The Labute approximate surface area is 138 Å². The highest BCUT2D eigenvalue weighted by Crippen LogP contribution is 2.34. The average Bonchev–Trinajstić information content (AvgIpc) is 2.85. The minimum absolute atomic E-state index is 0.342. The maximum atomic E-state index is 13.3. The van der Waals surface area contributed by atoms with E-state index in [0.29, 0.717) is 25.9 Å². The highest BCUT2D eigenvalue weighted by Gasteiger charge is 2.17. The summed E-state index contributed by atoms with van der Waals surface area (Å²) < 4.78 is 19.4. The van der Waals surface area contributed by atoms with E-state index in [9.17, 15) is 4.39 Å². The number of hydrogen-bond acceptors (Lipinski definition) is 2. The molecule has 0 fully saturated rings. The molecule has 0 bridgehead atoms. The Morgan fingerprint density at radius 1 is 1.14 bits per heavy atom. The van der Waals surface area contributed by atoms with E-state index in [4.69, 9.17) is 33.4 Å². The third kappa shape index (κ3) is 2.81. The maximum Gasteiger partial charge on any atom is 0.153 e. The van der Waals surface area contributed by atoms with E-state index >= 15 is 0 Å². The molecular formula is C15H9BrCl2FNO. The van der Waals surface area contributed by atoms with Crippen molar-refractivity contribution in [2.45, 2.75) is 6.04 Å². The number of rotatable bonds is 2. The highest BCUT2D eigenvalue weighted by atomic mass is 79.9. The number of fused-ring (bicyclic) bond motifs is 1. The first-order chi connectivity index (χ1) is 9.95. The lowest BCUT2D eigenvalue weighted by Crippen LogP contribution is -2.10. The van der Waals surface area contributed by atoms with Crippen molar-refractivity contribution in [3.63, 3.8) is 0 Å². The summed E-state index contributed by atoms with van der Waals surface area (Å²) in [5, 5.41) is 1.73. The monoisotopic (exact) mass is 387 g/mol. The van der Waals surface area contributed by atoms with Gasteiger partial charge in [-0.25, -0.2) is 4.39 Å². The summed E-state index contributed by atoms with van der Waals surface area (Å²) >= 11 is 15.2. The van der Waals surface area contributed by atoms with Crippen LogP contribution in [0.5, 0.6) is 0 Å². The van der Waals surface area contributed by atoms with Crippen LogP contribution in [0.4, 0.5) is 4.39 Å². The lowest BCUT2D eigenvalue weighted by Gasteiger charge is -2.09. The summed E-state index contributed by atoms with van der Waals surface area (Å²) in [4.78, 5) is 0. The molecule has 6 heteroatoms. The van der Waals surface area contributed by atoms with E-state index in [0.717, 1.165) is 10.9 Å². The van der Waals surface area contributed by atoms with Gasteiger partial charge in [0.2, 0.25) is 0 Å². The molecule has 0 radical (unpaired) electrons.